The van der Waals surface area contributed by atoms with Gasteiger partial charge in [0.1, 0.15) is 5.82 Å². The fraction of sp³-hybridized carbons (Fsp3) is 0.333. The van der Waals surface area contributed by atoms with Gasteiger partial charge < -0.3 is 5.73 Å². The molecule has 1 aromatic carbocycles. The molecular weight excluding hydrogens is 251 g/mol. The zero-order valence-electron chi connectivity index (χ0n) is 9.71. The Morgan fingerprint density at radius 2 is 2.00 bits per heavy atom. The molecule has 0 atom stereocenters. The van der Waals surface area contributed by atoms with Gasteiger partial charge in [-0.1, -0.05) is 23.9 Å². The predicted molar refractivity (Wildman–Crippen MR) is 68.7 cm³/mol. The number of nitrogen functional groups attached to an aromatic ring is 1. The fourth-order valence-electron chi connectivity index (χ4n) is 1.79. The van der Waals surface area contributed by atoms with Crippen LogP contribution in [0, 0.1) is 5.82 Å². The smallest absolute Gasteiger partial charge is 0.222 e. The molecule has 0 spiro atoms. The zero-order valence-corrected chi connectivity index (χ0v) is 10.5. The fourth-order valence-corrected chi connectivity index (χ4v) is 2.76. The molecule has 2 aromatic rings. The largest absolute Gasteiger partial charge is 0.368 e. The first-order valence-electron chi connectivity index (χ1n) is 5.81. The van der Waals surface area contributed by atoms with Crippen molar-refractivity contribution in [1.82, 2.24) is 14.8 Å². The molecule has 0 bridgehead atoms. The molecule has 1 aliphatic carbocycles. The number of anilines is 1. The quantitative estimate of drug-likeness (QED) is 0.862. The number of hydrogen-bond donors (Lipinski definition) is 1. The lowest BCUT2D eigenvalue weighted by Gasteiger charge is -2.05. The summed E-state index contributed by atoms with van der Waals surface area (Å²) in [6.07, 6.45) is 2.29. The molecule has 1 fully saturated rings. The Morgan fingerprint density at radius 1 is 1.28 bits per heavy atom. The van der Waals surface area contributed by atoms with Crippen molar-refractivity contribution in [3.05, 3.63) is 35.6 Å². The van der Waals surface area contributed by atoms with Crippen molar-refractivity contribution in [2.24, 2.45) is 0 Å². The highest BCUT2D eigenvalue weighted by atomic mass is 32.2. The van der Waals surface area contributed by atoms with E-state index in [2.05, 4.69) is 10.2 Å². The van der Waals surface area contributed by atoms with Crippen molar-refractivity contribution in [1.29, 1.82) is 0 Å². The number of nitrogens with two attached hydrogens (primary N) is 1. The minimum atomic E-state index is -0.214. The summed E-state index contributed by atoms with van der Waals surface area (Å²) >= 11 is 1.58. The minimum absolute atomic E-state index is 0.214. The average Bonchev–Trinajstić information content (AvgIpc) is 3.13. The first kappa shape index (κ1) is 11.5. The van der Waals surface area contributed by atoms with Crippen molar-refractivity contribution in [2.75, 3.05) is 5.73 Å². The Balaban J connectivity index is 1.71. The van der Waals surface area contributed by atoms with Gasteiger partial charge in [0.25, 0.3) is 0 Å². The normalized spacial score (nSPS) is 14.9. The zero-order chi connectivity index (χ0) is 12.5. The van der Waals surface area contributed by atoms with Crippen molar-refractivity contribution in [3.63, 3.8) is 0 Å². The van der Waals surface area contributed by atoms with E-state index in [0.717, 1.165) is 29.3 Å². The molecule has 94 valence electrons. The topological polar surface area (TPSA) is 56.7 Å². The summed E-state index contributed by atoms with van der Waals surface area (Å²) in [5, 5.41) is 8.85. The van der Waals surface area contributed by atoms with E-state index >= 15 is 0 Å². The Labute approximate surface area is 108 Å². The molecule has 0 saturated heterocycles. The van der Waals surface area contributed by atoms with Crippen LogP contribution in [-0.4, -0.2) is 14.8 Å². The van der Waals surface area contributed by atoms with E-state index in [-0.39, 0.29) is 5.82 Å². The van der Waals surface area contributed by atoms with Gasteiger partial charge in [-0.3, -0.25) is 4.57 Å². The summed E-state index contributed by atoms with van der Waals surface area (Å²) in [6, 6.07) is 6.97. The summed E-state index contributed by atoms with van der Waals surface area (Å²) in [4.78, 5) is 0. The summed E-state index contributed by atoms with van der Waals surface area (Å²) in [5.74, 6) is 1.01. The molecule has 1 aliphatic rings. The van der Waals surface area contributed by atoms with Crippen LogP contribution in [-0.2, 0) is 5.75 Å². The highest BCUT2D eigenvalue weighted by Gasteiger charge is 2.28. The molecule has 0 radical (unpaired) electrons. The molecule has 18 heavy (non-hydrogen) atoms. The molecule has 2 N–H and O–H groups in total. The number of rotatable bonds is 4. The van der Waals surface area contributed by atoms with Crippen LogP contribution in [0.1, 0.15) is 24.4 Å². The van der Waals surface area contributed by atoms with Crippen LogP contribution in [0.25, 0.3) is 0 Å². The Bertz CT molecular complexity index is 548. The molecule has 1 aromatic heterocycles. The minimum Gasteiger partial charge on any atom is -0.368 e. The monoisotopic (exact) mass is 264 g/mol. The lowest BCUT2D eigenvalue weighted by Crippen LogP contribution is -2.02. The van der Waals surface area contributed by atoms with Crippen LogP contribution < -0.4 is 5.73 Å². The number of nitrogens with zero attached hydrogens (tertiary/aromatic N) is 3. The summed E-state index contributed by atoms with van der Waals surface area (Å²) in [5.41, 5.74) is 6.86. The second-order valence-corrected chi connectivity index (χ2v) is 5.30. The lowest BCUT2D eigenvalue weighted by atomic mass is 10.2. The second kappa shape index (κ2) is 4.61. The predicted octanol–water partition coefficient (Wildman–Crippen LogP) is 2.63. The summed E-state index contributed by atoms with van der Waals surface area (Å²) in [7, 11) is 0. The standard InChI is InChI=1S/C12H13FN4S/c13-9-3-1-8(2-4-9)7-18-12-16-15-11(14)17(12)10-5-6-10/h1-4,10H,5-7H2,(H2,14,15). The van der Waals surface area contributed by atoms with Gasteiger partial charge in [0.15, 0.2) is 5.16 Å². The highest BCUT2D eigenvalue weighted by molar-refractivity contribution is 7.98. The maximum atomic E-state index is 12.8. The Hall–Kier alpha value is -1.56. The third kappa shape index (κ3) is 2.33. The van der Waals surface area contributed by atoms with Crippen LogP contribution in [0.5, 0.6) is 0 Å². The molecular formula is C12H13FN4S. The van der Waals surface area contributed by atoms with Gasteiger partial charge in [0.05, 0.1) is 0 Å². The number of thioether (sulfide) groups is 1. The van der Waals surface area contributed by atoms with Crippen LogP contribution in [0.3, 0.4) is 0 Å². The molecule has 1 saturated carbocycles. The van der Waals surface area contributed by atoms with Crippen molar-refractivity contribution in [2.45, 2.75) is 29.8 Å². The summed E-state index contributed by atoms with van der Waals surface area (Å²) in [6.45, 7) is 0. The highest BCUT2D eigenvalue weighted by Crippen LogP contribution is 2.39. The van der Waals surface area contributed by atoms with E-state index in [1.54, 1.807) is 23.9 Å². The van der Waals surface area contributed by atoms with E-state index in [1.807, 2.05) is 4.57 Å². The van der Waals surface area contributed by atoms with Crippen LogP contribution in [0.4, 0.5) is 10.3 Å². The third-order valence-electron chi connectivity index (χ3n) is 2.88. The maximum Gasteiger partial charge on any atom is 0.222 e. The first-order valence-corrected chi connectivity index (χ1v) is 6.80. The number of benzene rings is 1. The third-order valence-corrected chi connectivity index (χ3v) is 3.90. The van der Waals surface area contributed by atoms with Gasteiger partial charge in [-0.2, -0.15) is 0 Å². The van der Waals surface area contributed by atoms with Crippen molar-refractivity contribution < 1.29 is 4.39 Å². The maximum absolute atomic E-state index is 12.8. The van der Waals surface area contributed by atoms with Crippen molar-refractivity contribution in [3.8, 4) is 0 Å². The van der Waals surface area contributed by atoms with Gasteiger partial charge in [0, 0.05) is 11.8 Å². The van der Waals surface area contributed by atoms with Crippen LogP contribution in [0.15, 0.2) is 29.4 Å². The lowest BCUT2D eigenvalue weighted by molar-refractivity contribution is 0.627. The first-order chi connectivity index (χ1) is 8.74. The van der Waals surface area contributed by atoms with Crippen LogP contribution >= 0.6 is 11.8 Å². The number of aromatic nitrogens is 3. The summed E-state index contributed by atoms with van der Waals surface area (Å²) < 4.78 is 14.8. The van der Waals surface area contributed by atoms with Gasteiger partial charge in [0.2, 0.25) is 5.95 Å². The molecule has 3 rings (SSSR count). The van der Waals surface area contributed by atoms with E-state index in [9.17, 15) is 4.39 Å². The second-order valence-electron chi connectivity index (χ2n) is 4.36. The molecule has 4 nitrogen and oxygen atoms in total. The Kier molecular flexibility index (Phi) is 2.95. The van der Waals surface area contributed by atoms with Gasteiger partial charge >= 0.3 is 0 Å². The van der Waals surface area contributed by atoms with Gasteiger partial charge in [-0.05, 0) is 30.5 Å². The molecule has 0 amide bonds. The van der Waals surface area contributed by atoms with E-state index < -0.39 is 0 Å². The van der Waals surface area contributed by atoms with Crippen LogP contribution in [0.2, 0.25) is 0 Å². The molecule has 0 aliphatic heterocycles. The van der Waals surface area contributed by atoms with Gasteiger partial charge in [-0.25, -0.2) is 4.39 Å². The number of hydrogen-bond acceptors (Lipinski definition) is 4. The van der Waals surface area contributed by atoms with E-state index in [0.29, 0.717) is 12.0 Å². The SMILES string of the molecule is Nc1nnc(SCc2ccc(F)cc2)n1C1CC1. The van der Waals surface area contributed by atoms with Gasteiger partial charge in [-0.15, -0.1) is 10.2 Å². The average molecular weight is 264 g/mol. The molecule has 1 heterocycles. The molecule has 0 unspecified atom stereocenters. The van der Waals surface area contributed by atoms with E-state index in [1.165, 1.54) is 12.1 Å². The van der Waals surface area contributed by atoms with E-state index in [4.69, 9.17) is 5.73 Å². The molecule has 6 heteroatoms. The van der Waals surface area contributed by atoms with Crippen molar-refractivity contribution >= 4 is 17.7 Å². The number of halogens is 1. The Morgan fingerprint density at radius 3 is 2.67 bits per heavy atom.